The lowest BCUT2D eigenvalue weighted by molar-refractivity contribution is 0.430. The van der Waals surface area contributed by atoms with Crippen molar-refractivity contribution in [2.24, 2.45) is 5.73 Å². The molecule has 0 radical (unpaired) electrons. The number of rotatable bonds is 4. The summed E-state index contributed by atoms with van der Waals surface area (Å²) in [5, 5.41) is 3.23. The Morgan fingerprint density at radius 3 is 2.81 bits per heavy atom. The second-order valence-corrected chi connectivity index (χ2v) is 4.68. The van der Waals surface area contributed by atoms with Gasteiger partial charge in [0.25, 0.3) is 5.56 Å². The molecular formula is C12H21N3O. The molecule has 3 N–H and O–H groups in total. The van der Waals surface area contributed by atoms with E-state index in [4.69, 9.17) is 5.73 Å². The number of nitrogens with two attached hydrogens (primary N) is 1. The molecule has 4 nitrogen and oxygen atoms in total. The van der Waals surface area contributed by atoms with Crippen molar-refractivity contribution >= 4 is 0 Å². The van der Waals surface area contributed by atoms with Crippen LogP contribution in [-0.4, -0.2) is 16.3 Å². The predicted molar refractivity (Wildman–Crippen MR) is 64.6 cm³/mol. The number of hydrogen-bond donors (Lipinski definition) is 2. The van der Waals surface area contributed by atoms with E-state index in [2.05, 4.69) is 5.10 Å². The molecule has 0 saturated heterocycles. The number of hydrogen-bond acceptors (Lipinski definition) is 2. The van der Waals surface area contributed by atoms with Crippen molar-refractivity contribution in [1.29, 1.82) is 0 Å². The van der Waals surface area contributed by atoms with Crippen LogP contribution < -0.4 is 11.3 Å². The Bertz CT molecular complexity index is 374. The van der Waals surface area contributed by atoms with Gasteiger partial charge in [-0.25, -0.2) is 0 Å². The number of H-pyrrole nitrogens is 1. The van der Waals surface area contributed by atoms with Crippen molar-refractivity contribution in [3.8, 4) is 0 Å². The van der Waals surface area contributed by atoms with Gasteiger partial charge in [-0.15, -0.1) is 0 Å². The highest BCUT2D eigenvalue weighted by atomic mass is 16.1. The molecule has 1 aromatic heterocycles. The molecule has 90 valence electrons. The fourth-order valence-electron chi connectivity index (χ4n) is 2.49. The van der Waals surface area contributed by atoms with Gasteiger partial charge in [0, 0.05) is 24.2 Å². The van der Waals surface area contributed by atoms with Crippen molar-refractivity contribution in [3.05, 3.63) is 22.1 Å². The molecule has 1 fully saturated rings. The largest absolute Gasteiger partial charge is 0.330 e. The zero-order valence-corrected chi connectivity index (χ0v) is 9.74. The molecule has 16 heavy (non-hydrogen) atoms. The molecule has 0 spiro atoms. The molecule has 1 saturated carbocycles. The molecule has 4 heteroatoms. The van der Waals surface area contributed by atoms with E-state index >= 15 is 0 Å². The summed E-state index contributed by atoms with van der Waals surface area (Å²) in [5.74, 6) is 0.570. The molecule has 0 amide bonds. The smallest absolute Gasteiger partial charge is 0.266 e. The standard InChI is InChI=1S/C12H21N3O/c13-7-4-8-15-12(16)9-11(14-15)10-5-2-1-3-6-10/h9-10,14H,1-8,13H2. The van der Waals surface area contributed by atoms with Crippen LogP contribution in [-0.2, 0) is 6.54 Å². The lowest BCUT2D eigenvalue weighted by atomic mass is 9.87. The lowest BCUT2D eigenvalue weighted by Crippen LogP contribution is -2.18. The highest BCUT2D eigenvalue weighted by Gasteiger charge is 2.17. The van der Waals surface area contributed by atoms with Crippen LogP contribution in [0.1, 0.15) is 50.1 Å². The fraction of sp³-hybridized carbons (Fsp3) is 0.750. The summed E-state index contributed by atoms with van der Waals surface area (Å²) in [4.78, 5) is 11.7. The van der Waals surface area contributed by atoms with Crippen LogP contribution in [0, 0.1) is 0 Å². The van der Waals surface area contributed by atoms with Crippen molar-refractivity contribution in [1.82, 2.24) is 9.78 Å². The number of aromatic amines is 1. The molecular weight excluding hydrogens is 202 g/mol. The summed E-state index contributed by atoms with van der Waals surface area (Å²) in [6.07, 6.45) is 7.22. The molecule has 0 aliphatic heterocycles. The summed E-state index contributed by atoms with van der Waals surface area (Å²) in [5.41, 5.74) is 6.67. The third-order valence-electron chi connectivity index (χ3n) is 3.44. The topological polar surface area (TPSA) is 63.8 Å². The van der Waals surface area contributed by atoms with Gasteiger partial charge in [-0.1, -0.05) is 19.3 Å². The SMILES string of the molecule is NCCCn1[nH]c(C2CCCCC2)cc1=O. The second kappa shape index (κ2) is 5.34. The quantitative estimate of drug-likeness (QED) is 0.814. The number of nitrogens with one attached hydrogen (secondary N) is 1. The maximum absolute atomic E-state index is 11.7. The molecule has 0 bridgehead atoms. The van der Waals surface area contributed by atoms with Crippen LogP contribution in [0.5, 0.6) is 0 Å². The number of nitrogens with zero attached hydrogens (tertiary/aromatic N) is 1. The monoisotopic (exact) mass is 223 g/mol. The minimum absolute atomic E-state index is 0.0917. The molecule has 1 aliphatic carbocycles. The van der Waals surface area contributed by atoms with Gasteiger partial charge in [-0.05, 0) is 25.8 Å². The van der Waals surface area contributed by atoms with Gasteiger partial charge in [-0.2, -0.15) is 0 Å². The van der Waals surface area contributed by atoms with Crippen molar-refractivity contribution in [3.63, 3.8) is 0 Å². The Balaban J connectivity index is 2.07. The maximum Gasteiger partial charge on any atom is 0.266 e. The Morgan fingerprint density at radius 1 is 1.38 bits per heavy atom. The van der Waals surface area contributed by atoms with Gasteiger partial charge in [0.15, 0.2) is 0 Å². The molecule has 2 rings (SSSR count). The van der Waals surface area contributed by atoms with Gasteiger partial charge in [0.05, 0.1) is 0 Å². The Kier molecular flexibility index (Phi) is 3.83. The molecule has 1 aromatic rings. The van der Waals surface area contributed by atoms with E-state index in [9.17, 15) is 4.79 Å². The third kappa shape index (κ3) is 2.55. The zero-order chi connectivity index (χ0) is 11.4. The van der Waals surface area contributed by atoms with Crippen molar-refractivity contribution < 1.29 is 0 Å². The first kappa shape index (κ1) is 11.5. The van der Waals surface area contributed by atoms with E-state index < -0.39 is 0 Å². The first-order chi connectivity index (χ1) is 7.81. The molecule has 0 aromatic carbocycles. The average Bonchev–Trinajstić information content (AvgIpc) is 2.69. The summed E-state index contributed by atoms with van der Waals surface area (Å²) in [7, 11) is 0. The predicted octanol–water partition coefficient (Wildman–Crippen LogP) is 1.57. The summed E-state index contributed by atoms with van der Waals surface area (Å²) in [6.45, 7) is 1.34. The van der Waals surface area contributed by atoms with Crippen molar-refractivity contribution in [2.75, 3.05) is 6.54 Å². The summed E-state index contributed by atoms with van der Waals surface area (Å²) >= 11 is 0. The molecule has 1 heterocycles. The highest BCUT2D eigenvalue weighted by Crippen LogP contribution is 2.30. The van der Waals surface area contributed by atoms with Crippen LogP contribution in [0.4, 0.5) is 0 Å². The van der Waals surface area contributed by atoms with E-state index in [1.807, 2.05) is 0 Å². The highest BCUT2D eigenvalue weighted by molar-refractivity contribution is 5.07. The molecule has 0 unspecified atom stereocenters. The number of aryl methyl sites for hydroxylation is 1. The molecule has 0 atom stereocenters. The van der Waals surface area contributed by atoms with Gasteiger partial charge >= 0.3 is 0 Å². The lowest BCUT2D eigenvalue weighted by Gasteiger charge is -2.19. The average molecular weight is 223 g/mol. The normalized spacial score (nSPS) is 17.8. The maximum atomic E-state index is 11.7. The van der Waals surface area contributed by atoms with Crippen LogP contribution in [0.3, 0.4) is 0 Å². The van der Waals surface area contributed by atoms with Gasteiger partial charge in [0.1, 0.15) is 0 Å². The second-order valence-electron chi connectivity index (χ2n) is 4.68. The van der Waals surface area contributed by atoms with Crippen LogP contribution in [0.2, 0.25) is 0 Å². The summed E-state index contributed by atoms with van der Waals surface area (Å²) in [6, 6.07) is 1.77. The Morgan fingerprint density at radius 2 is 2.12 bits per heavy atom. The van der Waals surface area contributed by atoms with Crippen LogP contribution in [0.15, 0.2) is 10.9 Å². The van der Waals surface area contributed by atoms with E-state index in [0.29, 0.717) is 19.0 Å². The minimum Gasteiger partial charge on any atom is -0.330 e. The summed E-state index contributed by atoms with van der Waals surface area (Å²) < 4.78 is 1.69. The first-order valence-corrected chi connectivity index (χ1v) is 6.31. The van der Waals surface area contributed by atoms with E-state index in [1.165, 1.54) is 32.1 Å². The van der Waals surface area contributed by atoms with Crippen LogP contribution in [0.25, 0.3) is 0 Å². The Labute approximate surface area is 95.8 Å². The first-order valence-electron chi connectivity index (χ1n) is 6.31. The van der Waals surface area contributed by atoms with Gasteiger partial charge in [0.2, 0.25) is 0 Å². The van der Waals surface area contributed by atoms with E-state index in [0.717, 1.165) is 12.1 Å². The zero-order valence-electron chi connectivity index (χ0n) is 9.74. The molecule has 1 aliphatic rings. The number of aromatic nitrogens is 2. The van der Waals surface area contributed by atoms with Gasteiger partial charge in [-0.3, -0.25) is 14.6 Å². The van der Waals surface area contributed by atoms with E-state index in [1.54, 1.807) is 10.7 Å². The fourth-order valence-corrected chi connectivity index (χ4v) is 2.49. The third-order valence-corrected chi connectivity index (χ3v) is 3.44. The van der Waals surface area contributed by atoms with Crippen molar-refractivity contribution in [2.45, 2.75) is 51.0 Å². The van der Waals surface area contributed by atoms with Crippen LogP contribution >= 0.6 is 0 Å². The minimum atomic E-state index is 0.0917. The van der Waals surface area contributed by atoms with Gasteiger partial charge < -0.3 is 5.73 Å². The Hall–Kier alpha value is -1.03. The van der Waals surface area contributed by atoms with E-state index in [-0.39, 0.29) is 5.56 Å².